The van der Waals surface area contributed by atoms with Crippen molar-refractivity contribution in [2.75, 3.05) is 12.4 Å². The van der Waals surface area contributed by atoms with Crippen LogP contribution in [0, 0.1) is 13.8 Å². The highest BCUT2D eigenvalue weighted by atomic mass is 16.5. The number of rotatable bonds is 3. The number of aromatic nitrogens is 3. The zero-order chi connectivity index (χ0) is 16.3. The van der Waals surface area contributed by atoms with Crippen molar-refractivity contribution in [3.05, 3.63) is 36.2 Å². The summed E-state index contributed by atoms with van der Waals surface area (Å²) in [6.45, 7) is 4.33. The Kier molecular flexibility index (Phi) is 8.99. The van der Waals surface area contributed by atoms with Crippen LogP contribution in [0.15, 0.2) is 24.7 Å². The normalized spacial score (nSPS) is 8.62. The first kappa shape index (κ1) is 18.4. The van der Waals surface area contributed by atoms with E-state index < -0.39 is 0 Å². The molecule has 0 saturated heterocycles. The lowest BCUT2D eigenvalue weighted by Crippen LogP contribution is -1.90. The van der Waals surface area contributed by atoms with Crippen LogP contribution >= 0.6 is 0 Å². The number of hydrogen-bond donors (Lipinski definition) is 1. The molecule has 116 valence electrons. The van der Waals surface area contributed by atoms with E-state index in [1.165, 1.54) is 7.11 Å². The molecule has 0 radical (unpaired) electrons. The smallest absolute Gasteiger partial charge is 0.292 e. The van der Waals surface area contributed by atoms with Gasteiger partial charge in [0.05, 0.1) is 12.8 Å². The minimum Gasteiger partial charge on any atom is -0.471 e. The molecular weight excluding hydrogens is 272 g/mol. The van der Waals surface area contributed by atoms with E-state index in [1.54, 1.807) is 6.20 Å². The lowest BCUT2D eigenvalue weighted by atomic mass is 10.4. The van der Waals surface area contributed by atoms with E-state index >= 15 is 0 Å². The molecule has 0 spiro atoms. The zero-order valence-corrected chi connectivity index (χ0v) is 13.0. The summed E-state index contributed by atoms with van der Waals surface area (Å²) >= 11 is 0. The average molecular weight is 294 g/mol. The van der Waals surface area contributed by atoms with E-state index in [-0.39, 0.29) is 0 Å². The van der Waals surface area contributed by atoms with Gasteiger partial charge in [0.25, 0.3) is 6.47 Å². The standard InChI is InChI=1S/C7H10N2O.C5H8N2.C2H4O2/c1-6-3-7(8-5-10)4-9(6)2;1-5-6-3-4-7(5)2;1-4-2-3/h3-5H,1-2H3,(H,8,10);3-4H,1-2H3;2H,1H3. The Morgan fingerprint density at radius 2 is 1.86 bits per heavy atom. The number of imidazole rings is 1. The molecule has 0 atom stereocenters. The summed E-state index contributed by atoms with van der Waals surface area (Å²) in [7, 11) is 5.22. The second-order valence-corrected chi connectivity index (χ2v) is 4.16. The predicted octanol–water partition coefficient (Wildman–Crippen LogP) is 1.42. The summed E-state index contributed by atoms with van der Waals surface area (Å²) in [5.74, 6) is 1.06. The van der Waals surface area contributed by atoms with Gasteiger partial charge in [-0.1, -0.05) is 0 Å². The minimum atomic E-state index is 0.375. The molecular formula is C14H22N4O3. The number of methoxy groups -OCH3 is 1. The molecule has 0 bridgehead atoms. The molecule has 0 aliphatic heterocycles. The molecule has 2 heterocycles. The molecule has 0 saturated carbocycles. The average Bonchev–Trinajstić information content (AvgIpc) is 2.98. The Hall–Kier alpha value is -2.57. The summed E-state index contributed by atoms with van der Waals surface area (Å²) in [4.78, 5) is 22.9. The maximum atomic E-state index is 9.97. The van der Waals surface area contributed by atoms with Crippen LogP contribution in [0.2, 0.25) is 0 Å². The summed E-state index contributed by atoms with van der Waals surface area (Å²) in [5, 5.41) is 2.57. The summed E-state index contributed by atoms with van der Waals surface area (Å²) in [6, 6.07) is 1.91. The largest absolute Gasteiger partial charge is 0.471 e. The molecule has 7 heteroatoms. The predicted molar refractivity (Wildman–Crippen MR) is 80.9 cm³/mol. The second kappa shape index (κ2) is 10.2. The highest BCUT2D eigenvalue weighted by molar-refractivity contribution is 5.71. The van der Waals surface area contributed by atoms with Crippen molar-refractivity contribution in [3.8, 4) is 0 Å². The van der Waals surface area contributed by atoms with Crippen molar-refractivity contribution in [2.24, 2.45) is 14.1 Å². The van der Waals surface area contributed by atoms with Gasteiger partial charge in [-0.2, -0.15) is 0 Å². The second-order valence-electron chi connectivity index (χ2n) is 4.16. The zero-order valence-electron chi connectivity index (χ0n) is 13.0. The van der Waals surface area contributed by atoms with Gasteiger partial charge in [0, 0.05) is 38.4 Å². The van der Waals surface area contributed by atoms with Crippen molar-refractivity contribution < 1.29 is 14.3 Å². The molecule has 7 nitrogen and oxygen atoms in total. The van der Waals surface area contributed by atoms with Gasteiger partial charge in [0.15, 0.2) is 0 Å². The van der Waals surface area contributed by atoms with Crippen molar-refractivity contribution in [1.82, 2.24) is 14.1 Å². The third kappa shape index (κ3) is 7.56. The van der Waals surface area contributed by atoms with Gasteiger partial charge in [0.2, 0.25) is 6.41 Å². The first-order valence-corrected chi connectivity index (χ1v) is 6.19. The Morgan fingerprint density at radius 3 is 2.10 bits per heavy atom. The Morgan fingerprint density at radius 1 is 1.24 bits per heavy atom. The molecule has 0 aromatic carbocycles. The summed E-state index contributed by atoms with van der Waals surface area (Å²) < 4.78 is 7.78. The van der Waals surface area contributed by atoms with Crippen LogP contribution in [0.4, 0.5) is 5.69 Å². The van der Waals surface area contributed by atoms with Gasteiger partial charge in [-0.05, 0) is 19.9 Å². The molecule has 0 aliphatic carbocycles. The number of anilines is 1. The number of aryl methyl sites for hydroxylation is 4. The van der Waals surface area contributed by atoms with Gasteiger partial charge in [-0.25, -0.2) is 4.98 Å². The number of amides is 1. The molecule has 2 rings (SSSR count). The molecule has 2 aromatic rings. The maximum absolute atomic E-state index is 9.97. The van der Waals surface area contributed by atoms with Gasteiger partial charge < -0.3 is 19.2 Å². The monoisotopic (exact) mass is 294 g/mol. The number of nitrogens with one attached hydrogen (secondary N) is 1. The van der Waals surface area contributed by atoms with Crippen LogP contribution in [0.3, 0.4) is 0 Å². The fourth-order valence-electron chi connectivity index (χ4n) is 1.26. The lowest BCUT2D eigenvalue weighted by molar-refractivity contribution is -0.126. The molecule has 0 unspecified atom stereocenters. The van der Waals surface area contributed by atoms with E-state index in [0.29, 0.717) is 12.9 Å². The highest BCUT2D eigenvalue weighted by Gasteiger charge is 1.95. The number of nitrogens with zero attached hydrogens (tertiary/aromatic N) is 3. The quantitative estimate of drug-likeness (QED) is 0.868. The molecule has 0 fully saturated rings. The van der Waals surface area contributed by atoms with Crippen molar-refractivity contribution >= 4 is 18.6 Å². The van der Waals surface area contributed by atoms with Crippen LogP contribution in [0.25, 0.3) is 0 Å². The van der Waals surface area contributed by atoms with Crippen LogP contribution < -0.4 is 5.32 Å². The van der Waals surface area contributed by atoms with Gasteiger partial charge in [0.1, 0.15) is 5.82 Å². The van der Waals surface area contributed by atoms with Crippen molar-refractivity contribution in [2.45, 2.75) is 13.8 Å². The fourth-order valence-corrected chi connectivity index (χ4v) is 1.26. The van der Waals surface area contributed by atoms with Gasteiger partial charge in [-0.15, -0.1) is 0 Å². The first-order valence-electron chi connectivity index (χ1n) is 6.19. The number of hydrogen-bond acceptors (Lipinski definition) is 4. The minimum absolute atomic E-state index is 0.375. The van der Waals surface area contributed by atoms with Gasteiger partial charge >= 0.3 is 0 Å². The third-order valence-corrected chi connectivity index (χ3v) is 2.64. The molecule has 2 aromatic heterocycles. The van der Waals surface area contributed by atoms with E-state index in [0.717, 1.165) is 17.2 Å². The Labute approximate surface area is 124 Å². The Balaban J connectivity index is 0.000000317. The van der Waals surface area contributed by atoms with Gasteiger partial charge in [-0.3, -0.25) is 9.59 Å². The van der Waals surface area contributed by atoms with E-state index in [1.807, 2.05) is 55.5 Å². The molecule has 21 heavy (non-hydrogen) atoms. The molecule has 1 amide bonds. The van der Waals surface area contributed by atoms with Crippen LogP contribution in [-0.4, -0.2) is 34.1 Å². The van der Waals surface area contributed by atoms with E-state index in [2.05, 4.69) is 15.0 Å². The number of carbonyl (C=O) groups excluding carboxylic acids is 2. The van der Waals surface area contributed by atoms with E-state index in [4.69, 9.17) is 4.79 Å². The van der Waals surface area contributed by atoms with Crippen molar-refractivity contribution in [3.63, 3.8) is 0 Å². The fraction of sp³-hybridized carbons (Fsp3) is 0.357. The lowest BCUT2D eigenvalue weighted by Gasteiger charge is -1.90. The van der Waals surface area contributed by atoms with Crippen LogP contribution in [0.1, 0.15) is 11.5 Å². The maximum Gasteiger partial charge on any atom is 0.292 e. The van der Waals surface area contributed by atoms with Crippen molar-refractivity contribution in [1.29, 1.82) is 0 Å². The topological polar surface area (TPSA) is 78.2 Å². The Bertz CT molecular complexity index is 510. The van der Waals surface area contributed by atoms with Crippen LogP contribution in [0.5, 0.6) is 0 Å². The number of ether oxygens (including phenoxy) is 1. The van der Waals surface area contributed by atoms with Crippen LogP contribution in [-0.2, 0) is 28.4 Å². The first-order chi connectivity index (χ1) is 9.96. The highest BCUT2D eigenvalue weighted by Crippen LogP contribution is 2.09. The number of carbonyl (C=O) groups is 2. The molecule has 1 N–H and O–H groups in total. The summed E-state index contributed by atoms with van der Waals surface area (Å²) in [5.41, 5.74) is 1.97. The summed E-state index contributed by atoms with van der Waals surface area (Å²) in [6.07, 6.45) is 6.25. The SMILES string of the molecule is COC=O.Cc1cc(NC=O)cn1C.Cc1nccn1C. The molecule has 0 aliphatic rings. The van der Waals surface area contributed by atoms with E-state index in [9.17, 15) is 4.79 Å². The third-order valence-electron chi connectivity index (χ3n) is 2.64.